The van der Waals surface area contributed by atoms with Gasteiger partial charge in [0, 0.05) is 25.0 Å². The van der Waals surface area contributed by atoms with Gasteiger partial charge in [-0.25, -0.2) is 0 Å². The van der Waals surface area contributed by atoms with Gasteiger partial charge in [0.05, 0.1) is 20.3 Å². The zero-order chi connectivity index (χ0) is 11.8. The summed E-state index contributed by atoms with van der Waals surface area (Å²) >= 11 is 0. The molecule has 16 heavy (non-hydrogen) atoms. The van der Waals surface area contributed by atoms with Crippen LogP contribution in [0.3, 0.4) is 0 Å². The van der Waals surface area contributed by atoms with Gasteiger partial charge in [-0.2, -0.15) is 0 Å². The zero-order valence-corrected chi connectivity index (χ0v) is 9.74. The molecule has 1 aliphatic heterocycles. The van der Waals surface area contributed by atoms with E-state index in [1.807, 2.05) is 19.9 Å². The predicted molar refractivity (Wildman–Crippen MR) is 58.4 cm³/mol. The Morgan fingerprint density at radius 2 is 2.19 bits per heavy atom. The van der Waals surface area contributed by atoms with Gasteiger partial charge < -0.3 is 19.3 Å². The van der Waals surface area contributed by atoms with Crippen LogP contribution in [0.1, 0.15) is 25.0 Å². The summed E-state index contributed by atoms with van der Waals surface area (Å²) in [7, 11) is 1.59. The van der Waals surface area contributed by atoms with Gasteiger partial charge >= 0.3 is 0 Å². The molecule has 0 saturated heterocycles. The Morgan fingerprint density at radius 3 is 2.81 bits per heavy atom. The number of fused-ring (bicyclic) bond motifs is 1. The lowest BCUT2D eigenvalue weighted by atomic mass is 10.1. The monoisotopic (exact) mass is 224 g/mol. The van der Waals surface area contributed by atoms with Gasteiger partial charge in [0.1, 0.15) is 11.5 Å². The fourth-order valence-corrected chi connectivity index (χ4v) is 1.72. The molecule has 4 heteroatoms. The van der Waals surface area contributed by atoms with Crippen LogP contribution >= 0.6 is 0 Å². The third kappa shape index (κ3) is 1.99. The fraction of sp³-hybridized carbons (Fsp3) is 0.500. The summed E-state index contributed by atoms with van der Waals surface area (Å²) in [5.74, 6) is 0.764. The molecule has 0 amide bonds. The molecule has 1 heterocycles. The van der Waals surface area contributed by atoms with Crippen molar-refractivity contribution < 1.29 is 19.3 Å². The third-order valence-corrected chi connectivity index (χ3v) is 2.55. The summed E-state index contributed by atoms with van der Waals surface area (Å²) in [5, 5.41) is 9.31. The molecule has 0 fully saturated rings. The number of methoxy groups -OCH3 is 1. The van der Waals surface area contributed by atoms with Crippen molar-refractivity contribution in [2.24, 2.45) is 0 Å². The van der Waals surface area contributed by atoms with Crippen molar-refractivity contribution in [3.8, 4) is 11.5 Å². The van der Waals surface area contributed by atoms with E-state index < -0.39 is 5.79 Å². The second-order valence-corrected chi connectivity index (χ2v) is 4.22. The maximum atomic E-state index is 9.31. The second-order valence-electron chi connectivity index (χ2n) is 4.22. The second kappa shape index (κ2) is 3.96. The van der Waals surface area contributed by atoms with E-state index in [0.717, 1.165) is 11.1 Å². The lowest BCUT2D eigenvalue weighted by Gasteiger charge is -2.33. The molecule has 0 saturated carbocycles. The topological polar surface area (TPSA) is 47.9 Å². The standard InChI is InChI=1S/C12H16O4/c1-12(2)15-7-9-5-10(14-3)4-8(6-13)11(9)16-12/h4-5,13H,6-7H2,1-3H3. The van der Waals surface area contributed by atoms with Gasteiger partial charge in [-0.1, -0.05) is 0 Å². The Hall–Kier alpha value is -1.26. The quantitative estimate of drug-likeness (QED) is 0.832. The van der Waals surface area contributed by atoms with E-state index in [0.29, 0.717) is 18.1 Å². The van der Waals surface area contributed by atoms with Gasteiger partial charge in [0.15, 0.2) is 0 Å². The van der Waals surface area contributed by atoms with E-state index in [-0.39, 0.29) is 6.61 Å². The lowest BCUT2D eigenvalue weighted by Crippen LogP contribution is -2.35. The third-order valence-electron chi connectivity index (χ3n) is 2.55. The van der Waals surface area contributed by atoms with Crippen LogP contribution in [0.2, 0.25) is 0 Å². The molecule has 88 valence electrons. The molecule has 1 N–H and O–H groups in total. The van der Waals surface area contributed by atoms with Crippen molar-refractivity contribution in [3.05, 3.63) is 23.3 Å². The molecule has 2 rings (SSSR count). The summed E-state index contributed by atoms with van der Waals surface area (Å²) in [6.45, 7) is 4.09. The summed E-state index contributed by atoms with van der Waals surface area (Å²) in [6.07, 6.45) is 0. The van der Waals surface area contributed by atoms with Crippen LogP contribution in [0.5, 0.6) is 11.5 Å². The largest absolute Gasteiger partial charge is 0.497 e. The highest BCUT2D eigenvalue weighted by Gasteiger charge is 2.29. The molecule has 0 aromatic heterocycles. The number of benzene rings is 1. The Morgan fingerprint density at radius 1 is 1.44 bits per heavy atom. The van der Waals surface area contributed by atoms with Crippen molar-refractivity contribution in [1.29, 1.82) is 0 Å². The zero-order valence-electron chi connectivity index (χ0n) is 9.74. The maximum absolute atomic E-state index is 9.31. The van der Waals surface area contributed by atoms with Gasteiger partial charge in [0.2, 0.25) is 5.79 Å². The van der Waals surface area contributed by atoms with Crippen LogP contribution in [0.15, 0.2) is 12.1 Å². The van der Waals surface area contributed by atoms with Crippen molar-refractivity contribution in [2.75, 3.05) is 7.11 Å². The summed E-state index contributed by atoms with van der Waals surface area (Å²) < 4.78 is 16.4. The smallest absolute Gasteiger partial charge is 0.205 e. The van der Waals surface area contributed by atoms with Crippen LogP contribution < -0.4 is 9.47 Å². The number of ether oxygens (including phenoxy) is 3. The van der Waals surface area contributed by atoms with E-state index in [2.05, 4.69) is 0 Å². The Balaban J connectivity index is 2.46. The van der Waals surface area contributed by atoms with Crippen molar-refractivity contribution in [2.45, 2.75) is 32.8 Å². The first-order chi connectivity index (χ1) is 7.55. The average Bonchev–Trinajstić information content (AvgIpc) is 2.26. The number of aliphatic hydroxyl groups is 1. The summed E-state index contributed by atoms with van der Waals surface area (Å²) in [4.78, 5) is 0. The molecule has 1 aromatic rings. The average molecular weight is 224 g/mol. The highest BCUT2D eigenvalue weighted by atomic mass is 16.7. The molecule has 0 radical (unpaired) electrons. The normalized spacial score (nSPS) is 17.5. The van der Waals surface area contributed by atoms with Crippen molar-refractivity contribution in [1.82, 2.24) is 0 Å². The Bertz CT molecular complexity index is 381. The maximum Gasteiger partial charge on any atom is 0.205 e. The van der Waals surface area contributed by atoms with E-state index in [9.17, 15) is 5.11 Å². The molecule has 1 aliphatic rings. The van der Waals surface area contributed by atoms with Crippen LogP contribution in [0.4, 0.5) is 0 Å². The molecular formula is C12H16O4. The van der Waals surface area contributed by atoms with Crippen LogP contribution in [0, 0.1) is 0 Å². The minimum atomic E-state index is -0.647. The number of rotatable bonds is 2. The molecule has 0 unspecified atom stereocenters. The first-order valence-corrected chi connectivity index (χ1v) is 5.19. The molecule has 0 bridgehead atoms. The molecular weight excluding hydrogens is 208 g/mol. The molecule has 0 spiro atoms. The van der Waals surface area contributed by atoms with E-state index in [4.69, 9.17) is 14.2 Å². The SMILES string of the molecule is COc1cc(CO)c2c(c1)COC(C)(C)O2. The minimum absolute atomic E-state index is 0.0738. The van der Waals surface area contributed by atoms with Gasteiger partial charge in [-0.05, 0) is 12.1 Å². The Kier molecular flexibility index (Phi) is 2.78. The first kappa shape index (κ1) is 11.2. The minimum Gasteiger partial charge on any atom is -0.497 e. The fourth-order valence-electron chi connectivity index (χ4n) is 1.72. The number of aliphatic hydroxyl groups excluding tert-OH is 1. The molecule has 4 nitrogen and oxygen atoms in total. The van der Waals surface area contributed by atoms with E-state index in [1.54, 1.807) is 13.2 Å². The summed E-state index contributed by atoms with van der Waals surface area (Å²) in [5.41, 5.74) is 1.63. The van der Waals surface area contributed by atoms with Crippen LogP contribution in [-0.2, 0) is 18.0 Å². The number of hydrogen-bond acceptors (Lipinski definition) is 4. The van der Waals surface area contributed by atoms with E-state index >= 15 is 0 Å². The van der Waals surface area contributed by atoms with Crippen LogP contribution in [-0.4, -0.2) is 18.0 Å². The lowest BCUT2D eigenvalue weighted by molar-refractivity contribution is -0.180. The highest BCUT2D eigenvalue weighted by molar-refractivity contribution is 5.47. The number of hydrogen-bond donors (Lipinski definition) is 1. The predicted octanol–water partition coefficient (Wildman–Crippen LogP) is 1.83. The first-order valence-electron chi connectivity index (χ1n) is 5.19. The van der Waals surface area contributed by atoms with Gasteiger partial charge in [-0.3, -0.25) is 0 Å². The van der Waals surface area contributed by atoms with Crippen molar-refractivity contribution in [3.63, 3.8) is 0 Å². The van der Waals surface area contributed by atoms with Gasteiger partial charge in [-0.15, -0.1) is 0 Å². The molecule has 0 atom stereocenters. The summed E-state index contributed by atoms with van der Waals surface area (Å²) in [6, 6.07) is 3.64. The highest BCUT2D eigenvalue weighted by Crippen LogP contribution is 2.37. The van der Waals surface area contributed by atoms with E-state index in [1.165, 1.54) is 0 Å². The van der Waals surface area contributed by atoms with Gasteiger partial charge in [0.25, 0.3) is 0 Å². The molecule has 1 aromatic carbocycles. The molecule has 0 aliphatic carbocycles. The van der Waals surface area contributed by atoms with Crippen LogP contribution in [0.25, 0.3) is 0 Å². The Labute approximate surface area is 94.8 Å². The van der Waals surface area contributed by atoms with Crippen molar-refractivity contribution >= 4 is 0 Å².